The molecule has 0 saturated heterocycles. The van der Waals surface area contributed by atoms with E-state index in [1.165, 1.54) is 12.1 Å². The fourth-order valence-electron chi connectivity index (χ4n) is 4.05. The lowest BCUT2D eigenvalue weighted by Crippen LogP contribution is -2.04. The normalized spacial score (nSPS) is 13.4. The zero-order valence-electron chi connectivity index (χ0n) is 18.7. The molecule has 170 valence electrons. The Bertz CT molecular complexity index is 1110. The molecular formula is C27H27Cl3F2. The molecule has 0 heterocycles. The minimum atomic E-state index is -0.833. The second kappa shape index (κ2) is 10.5. The molecule has 3 aromatic carbocycles. The van der Waals surface area contributed by atoms with E-state index in [1.807, 2.05) is 31.2 Å². The summed E-state index contributed by atoms with van der Waals surface area (Å²) in [6, 6.07) is 14.0. The average Bonchev–Trinajstić information content (AvgIpc) is 2.71. The minimum absolute atomic E-state index is 0.0164. The summed E-state index contributed by atoms with van der Waals surface area (Å²) in [5.41, 5.74) is 4.98. The Morgan fingerprint density at radius 3 is 2.00 bits per heavy atom. The van der Waals surface area contributed by atoms with Crippen molar-refractivity contribution >= 4 is 34.8 Å². The van der Waals surface area contributed by atoms with Crippen LogP contribution in [0.3, 0.4) is 0 Å². The van der Waals surface area contributed by atoms with Crippen LogP contribution >= 0.6 is 34.8 Å². The van der Waals surface area contributed by atoms with Crippen molar-refractivity contribution in [3.8, 4) is 0 Å². The van der Waals surface area contributed by atoms with Crippen LogP contribution in [0.4, 0.5) is 8.78 Å². The van der Waals surface area contributed by atoms with Crippen molar-refractivity contribution in [2.45, 2.75) is 58.3 Å². The second-order valence-corrected chi connectivity index (χ2v) is 10.2. The molecule has 0 N–H and O–H groups in total. The minimum Gasteiger partial charge on any atom is -0.204 e. The van der Waals surface area contributed by atoms with Crippen LogP contribution < -0.4 is 0 Å². The molecule has 32 heavy (non-hydrogen) atoms. The molecule has 0 amide bonds. The van der Waals surface area contributed by atoms with Crippen LogP contribution in [-0.2, 0) is 12.8 Å². The third kappa shape index (κ3) is 6.04. The first-order chi connectivity index (χ1) is 15.0. The van der Waals surface area contributed by atoms with E-state index >= 15 is 0 Å². The average molecular weight is 496 g/mol. The maximum absolute atomic E-state index is 13.6. The quantitative estimate of drug-likeness (QED) is 0.306. The Hall–Kier alpha value is -1.61. The van der Waals surface area contributed by atoms with E-state index in [-0.39, 0.29) is 17.8 Å². The Kier molecular flexibility index (Phi) is 8.25. The molecule has 5 heteroatoms. The first-order valence-corrected chi connectivity index (χ1v) is 11.9. The van der Waals surface area contributed by atoms with Crippen molar-refractivity contribution in [3.63, 3.8) is 0 Å². The van der Waals surface area contributed by atoms with Crippen LogP contribution in [0, 0.1) is 11.6 Å². The molecule has 0 bridgehead atoms. The highest BCUT2D eigenvalue weighted by Crippen LogP contribution is 2.35. The van der Waals surface area contributed by atoms with Gasteiger partial charge < -0.3 is 0 Å². The summed E-state index contributed by atoms with van der Waals surface area (Å²) in [6.45, 7) is 8.33. The highest BCUT2D eigenvalue weighted by molar-refractivity contribution is 6.34. The molecule has 0 aromatic heterocycles. The Morgan fingerprint density at radius 2 is 1.34 bits per heavy atom. The van der Waals surface area contributed by atoms with E-state index in [0.717, 1.165) is 39.3 Å². The van der Waals surface area contributed by atoms with E-state index in [0.29, 0.717) is 16.5 Å². The van der Waals surface area contributed by atoms with Crippen molar-refractivity contribution in [2.24, 2.45) is 0 Å². The molecule has 0 aliphatic carbocycles. The predicted molar refractivity (Wildman–Crippen MR) is 133 cm³/mol. The molecule has 3 rings (SSSR count). The molecule has 0 nitrogen and oxygen atoms in total. The molecule has 0 radical (unpaired) electrons. The lowest BCUT2D eigenvalue weighted by Gasteiger charge is -2.19. The summed E-state index contributed by atoms with van der Waals surface area (Å²) in [5.74, 6) is -1.19. The third-order valence-corrected chi connectivity index (χ3v) is 6.79. The van der Waals surface area contributed by atoms with Crippen molar-refractivity contribution in [3.05, 3.63) is 103 Å². The van der Waals surface area contributed by atoms with Crippen LogP contribution in [0.25, 0.3) is 0 Å². The highest BCUT2D eigenvalue weighted by Gasteiger charge is 2.17. The smallest absolute Gasteiger partial charge is 0.159 e. The van der Waals surface area contributed by atoms with Gasteiger partial charge in [-0.3, -0.25) is 0 Å². The summed E-state index contributed by atoms with van der Waals surface area (Å²) >= 11 is 19.5. The van der Waals surface area contributed by atoms with E-state index in [9.17, 15) is 8.78 Å². The maximum atomic E-state index is 13.6. The van der Waals surface area contributed by atoms with Gasteiger partial charge in [0.1, 0.15) is 0 Å². The zero-order chi connectivity index (χ0) is 23.6. The van der Waals surface area contributed by atoms with Crippen molar-refractivity contribution in [2.75, 3.05) is 0 Å². The summed E-state index contributed by atoms with van der Waals surface area (Å²) < 4.78 is 26.9. The van der Waals surface area contributed by atoms with Crippen molar-refractivity contribution in [1.29, 1.82) is 0 Å². The Balaban J connectivity index is 1.83. The lowest BCUT2D eigenvalue weighted by molar-refractivity contribution is 0.505. The van der Waals surface area contributed by atoms with Gasteiger partial charge in [-0.15, -0.1) is 0 Å². The van der Waals surface area contributed by atoms with Crippen LogP contribution in [-0.4, -0.2) is 0 Å². The SMILES string of the molecule is CC(C)c1cc(Cl)cc(CC(C)c2cc(Cl)cc(CC(C)c3ccc(F)c(F)c3)c2)c1Cl. The molecule has 0 saturated carbocycles. The maximum Gasteiger partial charge on any atom is 0.159 e. The number of halogens is 5. The number of rotatable bonds is 7. The fraction of sp³-hybridized carbons (Fsp3) is 0.333. The van der Waals surface area contributed by atoms with Gasteiger partial charge in [-0.2, -0.15) is 0 Å². The molecule has 0 aliphatic rings. The van der Waals surface area contributed by atoms with Gasteiger partial charge in [0.05, 0.1) is 0 Å². The Morgan fingerprint density at radius 1 is 0.688 bits per heavy atom. The van der Waals surface area contributed by atoms with Gasteiger partial charge in [0, 0.05) is 15.1 Å². The standard InChI is InChI=1S/C27H27Cl3F2/c1-15(2)24-14-23(29)12-21(27(24)30)8-17(4)20-9-18(10-22(28)11-20)7-16(3)19-5-6-25(31)26(32)13-19/h5-6,9-17H,7-8H2,1-4H3. The summed E-state index contributed by atoms with van der Waals surface area (Å²) in [4.78, 5) is 0. The fourth-order valence-corrected chi connectivity index (χ4v) is 4.97. The van der Waals surface area contributed by atoms with Gasteiger partial charge in [0.25, 0.3) is 0 Å². The van der Waals surface area contributed by atoms with Crippen LogP contribution in [0.1, 0.15) is 73.3 Å². The van der Waals surface area contributed by atoms with Crippen LogP contribution in [0.5, 0.6) is 0 Å². The monoisotopic (exact) mass is 494 g/mol. The third-order valence-electron chi connectivity index (χ3n) is 5.89. The molecule has 3 aromatic rings. The predicted octanol–water partition coefficient (Wildman–Crippen LogP) is 9.74. The summed E-state index contributed by atoms with van der Waals surface area (Å²) in [7, 11) is 0. The van der Waals surface area contributed by atoms with Gasteiger partial charge >= 0.3 is 0 Å². The van der Waals surface area contributed by atoms with Crippen molar-refractivity contribution < 1.29 is 8.78 Å². The van der Waals surface area contributed by atoms with Gasteiger partial charge in [-0.25, -0.2) is 8.78 Å². The molecule has 2 atom stereocenters. The molecule has 0 fully saturated rings. The molecule has 0 spiro atoms. The topological polar surface area (TPSA) is 0 Å². The van der Waals surface area contributed by atoms with Gasteiger partial charge in [0.15, 0.2) is 11.6 Å². The Labute approximate surface area is 204 Å². The van der Waals surface area contributed by atoms with E-state index in [4.69, 9.17) is 34.8 Å². The summed E-state index contributed by atoms with van der Waals surface area (Å²) in [6.07, 6.45) is 1.40. The number of hydrogen-bond donors (Lipinski definition) is 0. The van der Waals surface area contributed by atoms with Crippen LogP contribution in [0.2, 0.25) is 15.1 Å². The molecule has 0 aliphatic heterocycles. The van der Waals surface area contributed by atoms with Crippen LogP contribution in [0.15, 0.2) is 48.5 Å². The lowest BCUT2D eigenvalue weighted by atomic mass is 9.88. The highest BCUT2D eigenvalue weighted by atomic mass is 35.5. The van der Waals surface area contributed by atoms with Crippen molar-refractivity contribution in [1.82, 2.24) is 0 Å². The van der Waals surface area contributed by atoms with E-state index < -0.39 is 11.6 Å². The van der Waals surface area contributed by atoms with Gasteiger partial charge in [0.2, 0.25) is 0 Å². The first-order valence-electron chi connectivity index (χ1n) is 10.8. The molecule has 2 unspecified atom stereocenters. The van der Waals surface area contributed by atoms with Gasteiger partial charge in [-0.05, 0) is 94.8 Å². The van der Waals surface area contributed by atoms with E-state index in [1.54, 1.807) is 6.07 Å². The zero-order valence-corrected chi connectivity index (χ0v) is 20.9. The largest absolute Gasteiger partial charge is 0.204 e. The van der Waals surface area contributed by atoms with Gasteiger partial charge in [-0.1, -0.05) is 74.6 Å². The molecular weight excluding hydrogens is 469 g/mol. The first kappa shape index (κ1) is 25.0. The number of hydrogen-bond acceptors (Lipinski definition) is 0. The second-order valence-electron chi connectivity index (χ2n) is 8.90. The number of benzene rings is 3. The summed E-state index contributed by atoms with van der Waals surface area (Å²) in [5, 5.41) is 2.11. The van der Waals surface area contributed by atoms with E-state index in [2.05, 4.69) is 26.8 Å².